The van der Waals surface area contributed by atoms with E-state index < -0.39 is 29.3 Å². The summed E-state index contributed by atoms with van der Waals surface area (Å²) >= 11 is 5.80. The normalized spacial score (nSPS) is 12.7. The fraction of sp³-hybridized carbons (Fsp3) is 0.188. The van der Waals surface area contributed by atoms with Crippen LogP contribution in [-0.4, -0.2) is 17.6 Å². The van der Waals surface area contributed by atoms with Crippen LogP contribution in [0.25, 0.3) is 0 Å². The summed E-state index contributed by atoms with van der Waals surface area (Å²) in [6, 6.07) is 10.8. The molecule has 1 amide bonds. The summed E-state index contributed by atoms with van der Waals surface area (Å²) in [4.78, 5) is 12.0. The number of alkyl halides is 3. The van der Waals surface area contributed by atoms with Crippen LogP contribution in [0.5, 0.6) is 0 Å². The van der Waals surface area contributed by atoms with Gasteiger partial charge in [-0.1, -0.05) is 35.9 Å². The zero-order valence-corrected chi connectivity index (χ0v) is 12.5. The largest absolute Gasteiger partial charge is 0.417 e. The minimum Gasteiger partial charge on any atom is -0.387 e. The Morgan fingerprint density at radius 1 is 1.17 bits per heavy atom. The van der Waals surface area contributed by atoms with Crippen molar-refractivity contribution in [2.24, 2.45) is 0 Å². The van der Waals surface area contributed by atoms with Gasteiger partial charge in [0.2, 0.25) is 0 Å². The zero-order chi connectivity index (χ0) is 17.0. The standard InChI is InChI=1S/C16H13ClF3NO2/c17-11-5-3-4-10(8-11)14(22)9-21-15(23)12-6-1-2-7-13(12)16(18,19)20/h1-8,14,22H,9H2,(H,21,23)/t14-/m1/s1. The number of benzene rings is 2. The molecule has 3 nitrogen and oxygen atoms in total. The second kappa shape index (κ2) is 7.02. The van der Waals surface area contributed by atoms with Crippen molar-refractivity contribution in [1.82, 2.24) is 5.32 Å². The van der Waals surface area contributed by atoms with Crippen molar-refractivity contribution >= 4 is 17.5 Å². The Morgan fingerprint density at radius 3 is 2.52 bits per heavy atom. The van der Waals surface area contributed by atoms with Crippen LogP contribution in [0.4, 0.5) is 13.2 Å². The van der Waals surface area contributed by atoms with Crippen LogP contribution in [0.15, 0.2) is 48.5 Å². The Kier molecular flexibility index (Phi) is 5.28. The summed E-state index contributed by atoms with van der Waals surface area (Å²) in [6.45, 7) is -0.231. The number of halogens is 4. The van der Waals surface area contributed by atoms with Gasteiger partial charge in [0.05, 0.1) is 17.2 Å². The molecular formula is C16H13ClF3NO2. The summed E-state index contributed by atoms with van der Waals surface area (Å²) in [7, 11) is 0. The number of carbonyl (C=O) groups is 1. The predicted molar refractivity (Wildman–Crippen MR) is 80.2 cm³/mol. The monoisotopic (exact) mass is 343 g/mol. The van der Waals surface area contributed by atoms with Crippen LogP contribution in [0.1, 0.15) is 27.6 Å². The second-order valence-corrected chi connectivity index (χ2v) is 5.26. The summed E-state index contributed by atoms with van der Waals surface area (Å²) in [6.07, 6.45) is -5.70. The Hall–Kier alpha value is -2.05. The van der Waals surface area contributed by atoms with E-state index in [1.165, 1.54) is 18.2 Å². The molecule has 0 saturated heterocycles. The highest BCUT2D eigenvalue weighted by Gasteiger charge is 2.34. The van der Waals surface area contributed by atoms with Crippen LogP contribution in [0.2, 0.25) is 5.02 Å². The Bertz CT molecular complexity index is 704. The summed E-state index contributed by atoms with van der Waals surface area (Å²) < 4.78 is 38.6. The van der Waals surface area contributed by atoms with Crippen LogP contribution >= 0.6 is 11.6 Å². The molecule has 0 aliphatic carbocycles. The van der Waals surface area contributed by atoms with Gasteiger partial charge in [-0.2, -0.15) is 13.2 Å². The molecule has 0 aliphatic heterocycles. The predicted octanol–water partition coefficient (Wildman–Crippen LogP) is 3.82. The maximum absolute atomic E-state index is 12.9. The van der Waals surface area contributed by atoms with Crippen molar-refractivity contribution in [1.29, 1.82) is 0 Å². The molecule has 0 unspecified atom stereocenters. The molecule has 0 radical (unpaired) electrons. The third-order valence-corrected chi connectivity index (χ3v) is 3.40. The van der Waals surface area contributed by atoms with Gasteiger partial charge in [0.15, 0.2) is 0 Å². The number of hydrogen-bond donors (Lipinski definition) is 2. The van der Waals surface area contributed by atoms with Crippen LogP contribution in [0.3, 0.4) is 0 Å². The first-order valence-corrected chi connectivity index (χ1v) is 7.05. The minimum absolute atomic E-state index is 0.231. The lowest BCUT2D eigenvalue weighted by Crippen LogP contribution is -2.30. The molecule has 0 saturated carbocycles. The van der Waals surface area contributed by atoms with E-state index in [2.05, 4.69) is 5.32 Å². The summed E-state index contributed by atoms with van der Waals surface area (Å²) in [5, 5.41) is 12.7. The second-order valence-electron chi connectivity index (χ2n) is 4.82. The van der Waals surface area contributed by atoms with Gasteiger partial charge in [-0.05, 0) is 29.8 Å². The van der Waals surface area contributed by atoms with Gasteiger partial charge in [0, 0.05) is 11.6 Å². The molecule has 0 aromatic heterocycles. The Morgan fingerprint density at radius 2 is 1.87 bits per heavy atom. The zero-order valence-electron chi connectivity index (χ0n) is 11.8. The highest BCUT2D eigenvalue weighted by atomic mass is 35.5. The topological polar surface area (TPSA) is 49.3 Å². The average molecular weight is 344 g/mol. The minimum atomic E-state index is -4.63. The lowest BCUT2D eigenvalue weighted by Gasteiger charge is -2.15. The van der Waals surface area contributed by atoms with E-state index in [4.69, 9.17) is 11.6 Å². The molecule has 2 N–H and O–H groups in total. The quantitative estimate of drug-likeness (QED) is 0.886. The van der Waals surface area contributed by atoms with Gasteiger partial charge in [-0.25, -0.2) is 0 Å². The van der Waals surface area contributed by atoms with Gasteiger partial charge in [0.1, 0.15) is 0 Å². The van der Waals surface area contributed by atoms with Gasteiger partial charge < -0.3 is 10.4 Å². The number of rotatable bonds is 4. The SMILES string of the molecule is O=C(NC[C@@H](O)c1cccc(Cl)c1)c1ccccc1C(F)(F)F. The number of carbonyl (C=O) groups excluding carboxylic acids is 1. The molecule has 0 bridgehead atoms. The van der Waals surface area contributed by atoms with Crippen molar-refractivity contribution in [2.75, 3.05) is 6.54 Å². The molecule has 1 atom stereocenters. The lowest BCUT2D eigenvalue weighted by molar-refractivity contribution is -0.137. The molecule has 7 heteroatoms. The first-order chi connectivity index (χ1) is 10.8. The third kappa shape index (κ3) is 4.46. The fourth-order valence-corrected chi connectivity index (χ4v) is 2.24. The Labute approximate surface area is 135 Å². The molecule has 23 heavy (non-hydrogen) atoms. The van der Waals surface area contributed by atoms with E-state index in [1.807, 2.05) is 0 Å². The van der Waals surface area contributed by atoms with Crippen LogP contribution in [-0.2, 0) is 6.18 Å². The highest BCUT2D eigenvalue weighted by molar-refractivity contribution is 6.30. The summed E-state index contributed by atoms with van der Waals surface area (Å²) in [5.74, 6) is -0.904. The maximum Gasteiger partial charge on any atom is 0.417 e. The smallest absolute Gasteiger partial charge is 0.387 e. The van der Waals surface area contributed by atoms with Crippen molar-refractivity contribution in [2.45, 2.75) is 12.3 Å². The highest BCUT2D eigenvalue weighted by Crippen LogP contribution is 2.31. The molecule has 0 spiro atoms. The summed E-state index contributed by atoms with van der Waals surface area (Å²) in [5.41, 5.74) is -1.05. The first kappa shape index (κ1) is 17.3. The van der Waals surface area contributed by atoms with Gasteiger partial charge >= 0.3 is 6.18 Å². The van der Waals surface area contributed by atoms with E-state index in [-0.39, 0.29) is 6.54 Å². The number of nitrogens with one attached hydrogen (secondary N) is 1. The maximum atomic E-state index is 12.9. The number of amides is 1. The molecule has 0 aliphatic rings. The third-order valence-electron chi connectivity index (χ3n) is 3.17. The van der Waals surface area contributed by atoms with Crippen LogP contribution < -0.4 is 5.32 Å². The molecule has 0 fully saturated rings. The van der Waals surface area contributed by atoms with E-state index >= 15 is 0 Å². The average Bonchev–Trinajstić information content (AvgIpc) is 2.51. The number of aliphatic hydroxyl groups excluding tert-OH is 1. The van der Waals surface area contributed by atoms with Gasteiger partial charge in [0.25, 0.3) is 5.91 Å². The number of aliphatic hydroxyl groups is 1. The van der Waals surface area contributed by atoms with E-state index in [9.17, 15) is 23.1 Å². The molecular weight excluding hydrogens is 331 g/mol. The molecule has 2 rings (SSSR count). The Balaban J connectivity index is 2.09. The van der Waals surface area contributed by atoms with E-state index in [1.54, 1.807) is 18.2 Å². The van der Waals surface area contributed by atoms with Crippen molar-refractivity contribution in [3.05, 3.63) is 70.2 Å². The van der Waals surface area contributed by atoms with Crippen molar-refractivity contribution in [3.63, 3.8) is 0 Å². The molecule has 2 aromatic carbocycles. The first-order valence-electron chi connectivity index (χ1n) is 6.67. The van der Waals surface area contributed by atoms with Crippen LogP contribution in [0, 0.1) is 0 Å². The number of hydrogen-bond acceptors (Lipinski definition) is 2. The van der Waals surface area contributed by atoms with E-state index in [0.717, 1.165) is 12.1 Å². The fourth-order valence-electron chi connectivity index (χ4n) is 2.04. The van der Waals surface area contributed by atoms with Gasteiger partial charge in [-0.15, -0.1) is 0 Å². The molecule has 122 valence electrons. The molecule has 0 heterocycles. The van der Waals surface area contributed by atoms with Gasteiger partial charge in [-0.3, -0.25) is 4.79 Å². The van der Waals surface area contributed by atoms with E-state index in [0.29, 0.717) is 10.6 Å². The lowest BCUT2D eigenvalue weighted by atomic mass is 10.1. The van der Waals surface area contributed by atoms with Crippen molar-refractivity contribution in [3.8, 4) is 0 Å². The molecule has 2 aromatic rings. The van der Waals surface area contributed by atoms with Crippen molar-refractivity contribution < 1.29 is 23.1 Å².